The number of anilines is 1. The number of benzene rings is 2. The fourth-order valence-corrected chi connectivity index (χ4v) is 4.17. The fourth-order valence-electron chi connectivity index (χ4n) is 3.64. The number of nitrogens with one attached hydrogen (secondary N) is 1. The van der Waals surface area contributed by atoms with Gasteiger partial charge in [-0.2, -0.15) is 0 Å². The second-order valence-electron chi connectivity index (χ2n) is 6.57. The first-order valence-corrected chi connectivity index (χ1v) is 9.93. The molecule has 1 saturated heterocycles. The van der Waals surface area contributed by atoms with Gasteiger partial charge in [0.1, 0.15) is 11.7 Å². The molecule has 0 spiro atoms. The van der Waals surface area contributed by atoms with Crippen LogP contribution in [0.25, 0.3) is 0 Å². The minimum atomic E-state index is -1.92. The highest BCUT2D eigenvalue weighted by molar-refractivity contribution is 7.78. The first kappa shape index (κ1) is 17.3. The molecule has 0 bridgehead atoms. The maximum Gasteiger partial charge on any atom is 0.157 e. The van der Waals surface area contributed by atoms with E-state index in [4.69, 9.17) is 4.99 Å². The zero-order valence-corrected chi connectivity index (χ0v) is 15.0. The van der Waals surface area contributed by atoms with E-state index >= 15 is 0 Å². The van der Waals surface area contributed by atoms with Crippen LogP contribution in [-0.4, -0.2) is 27.2 Å². The molecule has 2 aromatic rings. The predicted molar refractivity (Wildman–Crippen MR) is 102 cm³/mol. The van der Waals surface area contributed by atoms with Crippen molar-refractivity contribution in [2.45, 2.75) is 31.2 Å². The Kier molecular flexibility index (Phi) is 4.84. The molecule has 136 valence electrons. The largest absolute Gasteiger partial charge is 0.324 e. The molecule has 2 atom stereocenters. The monoisotopic (exact) mass is 373 g/mol. The summed E-state index contributed by atoms with van der Waals surface area (Å²) in [5.41, 5.74) is 3.28. The molecular formula is C19H20FN3O2S. The molecule has 5 nitrogen and oxygen atoms in total. The first-order valence-electron chi connectivity index (χ1n) is 8.65. The van der Waals surface area contributed by atoms with Gasteiger partial charge in [-0.05, 0) is 49.2 Å². The van der Waals surface area contributed by atoms with E-state index < -0.39 is 11.1 Å². The van der Waals surface area contributed by atoms with Gasteiger partial charge in [-0.3, -0.25) is 0 Å². The summed E-state index contributed by atoms with van der Waals surface area (Å²) in [5, 5.41) is 3.46. The third kappa shape index (κ3) is 3.42. The molecule has 0 aliphatic carbocycles. The van der Waals surface area contributed by atoms with E-state index in [1.807, 2.05) is 29.2 Å². The second kappa shape index (κ2) is 7.26. The molecule has 0 aromatic heterocycles. The molecule has 1 unspecified atom stereocenters. The fraction of sp³-hybridized carbons (Fsp3) is 0.316. The topological polar surface area (TPSA) is 64.9 Å². The second-order valence-corrected chi connectivity index (χ2v) is 7.50. The Balaban J connectivity index is 1.80. The summed E-state index contributed by atoms with van der Waals surface area (Å²) in [4.78, 5) is 6.87. The third-order valence-electron chi connectivity index (χ3n) is 4.85. The number of aliphatic imine (C=N–C) groups is 1. The van der Waals surface area contributed by atoms with Gasteiger partial charge >= 0.3 is 0 Å². The van der Waals surface area contributed by atoms with Crippen molar-refractivity contribution in [1.82, 2.24) is 5.32 Å². The van der Waals surface area contributed by atoms with Crippen molar-refractivity contribution in [3.05, 3.63) is 59.4 Å². The standard InChI is InChI=1S/C19H20FN3O2S/c20-14-5-2-6-15(10-14)23-11-16-13(12-26(24)25)4-1-7-17(16)22-19(23)18-8-3-9-21-18/h1-2,4-7,10,18,21H,3,8-9,11-12H2,(H,24,25)/t18-/m0/s1. The molecule has 7 heteroatoms. The normalized spacial score (nSPS) is 20.6. The van der Waals surface area contributed by atoms with Crippen LogP contribution in [0.5, 0.6) is 0 Å². The zero-order chi connectivity index (χ0) is 18.1. The summed E-state index contributed by atoms with van der Waals surface area (Å²) in [7, 11) is 0. The van der Waals surface area contributed by atoms with Gasteiger partial charge in [0.2, 0.25) is 0 Å². The lowest BCUT2D eigenvalue weighted by Crippen LogP contribution is -2.45. The van der Waals surface area contributed by atoms with E-state index in [1.54, 1.807) is 6.07 Å². The smallest absolute Gasteiger partial charge is 0.157 e. The van der Waals surface area contributed by atoms with E-state index in [9.17, 15) is 13.2 Å². The van der Waals surface area contributed by atoms with E-state index in [1.165, 1.54) is 12.1 Å². The Morgan fingerprint density at radius 2 is 2.15 bits per heavy atom. The summed E-state index contributed by atoms with van der Waals surface area (Å²) in [6.07, 6.45) is 2.07. The number of nitrogens with zero attached hydrogens (tertiary/aromatic N) is 2. The van der Waals surface area contributed by atoms with Crippen molar-refractivity contribution >= 4 is 28.3 Å². The van der Waals surface area contributed by atoms with Crippen LogP contribution in [0, 0.1) is 5.82 Å². The van der Waals surface area contributed by atoms with Crippen LogP contribution in [-0.2, 0) is 23.4 Å². The highest BCUT2D eigenvalue weighted by atomic mass is 32.2. The lowest BCUT2D eigenvalue weighted by molar-refractivity contribution is 0.563. The maximum atomic E-state index is 13.8. The molecule has 0 radical (unpaired) electrons. The van der Waals surface area contributed by atoms with Crippen LogP contribution in [0.2, 0.25) is 0 Å². The van der Waals surface area contributed by atoms with E-state index in [2.05, 4.69) is 5.32 Å². The Hall–Kier alpha value is -2.09. The van der Waals surface area contributed by atoms with Gasteiger partial charge in [0.05, 0.1) is 24.0 Å². The van der Waals surface area contributed by atoms with Crippen LogP contribution in [0.1, 0.15) is 24.0 Å². The van der Waals surface area contributed by atoms with Gasteiger partial charge in [-0.25, -0.2) is 13.6 Å². The lowest BCUT2D eigenvalue weighted by Gasteiger charge is -2.34. The molecule has 26 heavy (non-hydrogen) atoms. The number of halogens is 1. The first-order chi connectivity index (χ1) is 12.6. The molecule has 2 N–H and O–H groups in total. The van der Waals surface area contributed by atoms with E-state index in [-0.39, 0.29) is 17.6 Å². The number of rotatable bonds is 4. The molecule has 2 aliphatic heterocycles. The summed E-state index contributed by atoms with van der Waals surface area (Å²) in [6, 6.07) is 12.3. The molecule has 0 amide bonds. The Morgan fingerprint density at radius 1 is 1.31 bits per heavy atom. The van der Waals surface area contributed by atoms with Gasteiger partial charge in [0.25, 0.3) is 0 Å². The Bertz CT molecular complexity index is 881. The predicted octanol–water partition coefficient (Wildman–Crippen LogP) is 3.35. The van der Waals surface area contributed by atoms with Crippen LogP contribution in [0.4, 0.5) is 15.8 Å². The van der Waals surface area contributed by atoms with Crippen LogP contribution in [0.3, 0.4) is 0 Å². The van der Waals surface area contributed by atoms with Crippen molar-refractivity contribution in [3.63, 3.8) is 0 Å². The van der Waals surface area contributed by atoms with E-state index in [0.29, 0.717) is 6.54 Å². The number of hydrogen-bond acceptors (Lipinski definition) is 4. The summed E-state index contributed by atoms with van der Waals surface area (Å²) < 4.78 is 34.5. The number of amidine groups is 1. The highest BCUT2D eigenvalue weighted by Crippen LogP contribution is 2.34. The zero-order valence-electron chi connectivity index (χ0n) is 14.2. The maximum absolute atomic E-state index is 13.8. The third-order valence-corrected chi connectivity index (χ3v) is 5.40. The highest BCUT2D eigenvalue weighted by Gasteiger charge is 2.30. The molecule has 2 aliphatic rings. The van der Waals surface area contributed by atoms with Gasteiger partial charge < -0.3 is 14.8 Å². The van der Waals surface area contributed by atoms with Crippen molar-refractivity contribution in [2.24, 2.45) is 4.99 Å². The minimum absolute atomic E-state index is 0.0622. The summed E-state index contributed by atoms with van der Waals surface area (Å²) in [6.45, 7) is 1.44. The van der Waals surface area contributed by atoms with Crippen molar-refractivity contribution in [1.29, 1.82) is 0 Å². The Labute approximate surface area is 154 Å². The van der Waals surface area contributed by atoms with Gasteiger partial charge in [-0.1, -0.05) is 18.2 Å². The molecular weight excluding hydrogens is 353 g/mol. The van der Waals surface area contributed by atoms with Crippen LogP contribution in [0.15, 0.2) is 47.5 Å². The average Bonchev–Trinajstić information content (AvgIpc) is 3.15. The molecule has 2 heterocycles. The van der Waals surface area contributed by atoms with Gasteiger partial charge in [0, 0.05) is 11.3 Å². The quantitative estimate of drug-likeness (QED) is 0.807. The van der Waals surface area contributed by atoms with Gasteiger partial charge in [0.15, 0.2) is 11.1 Å². The van der Waals surface area contributed by atoms with Crippen LogP contribution < -0.4 is 10.2 Å². The average molecular weight is 373 g/mol. The van der Waals surface area contributed by atoms with Crippen molar-refractivity contribution in [3.8, 4) is 0 Å². The SMILES string of the molecule is O=S(O)Cc1cccc2c1CN(c1cccc(F)c1)C([C@@H]1CCCN1)=N2. The van der Waals surface area contributed by atoms with Crippen molar-refractivity contribution in [2.75, 3.05) is 11.4 Å². The lowest BCUT2D eigenvalue weighted by atomic mass is 10.0. The molecule has 1 fully saturated rings. The van der Waals surface area contributed by atoms with E-state index in [0.717, 1.165) is 47.7 Å². The Morgan fingerprint density at radius 3 is 2.88 bits per heavy atom. The number of fused-ring (bicyclic) bond motifs is 1. The summed E-state index contributed by atoms with van der Waals surface area (Å²) >= 11 is -1.92. The van der Waals surface area contributed by atoms with Crippen molar-refractivity contribution < 1.29 is 13.2 Å². The molecule has 4 rings (SSSR count). The van der Waals surface area contributed by atoms with Gasteiger partial charge in [-0.15, -0.1) is 0 Å². The molecule has 0 saturated carbocycles. The minimum Gasteiger partial charge on any atom is -0.324 e. The summed E-state index contributed by atoms with van der Waals surface area (Å²) in [5.74, 6) is 0.645. The number of hydrogen-bond donors (Lipinski definition) is 2. The van der Waals surface area contributed by atoms with Crippen LogP contribution >= 0.6 is 0 Å². The molecule has 2 aromatic carbocycles.